The van der Waals surface area contributed by atoms with Gasteiger partial charge in [-0.3, -0.25) is 14.4 Å². The van der Waals surface area contributed by atoms with Crippen LogP contribution in [-0.2, 0) is 23.9 Å². The average Bonchev–Trinajstić information content (AvgIpc) is 2.73. The van der Waals surface area contributed by atoms with E-state index in [1.807, 2.05) is 26.0 Å². The summed E-state index contributed by atoms with van der Waals surface area (Å²) in [4.78, 5) is 52.2. The van der Waals surface area contributed by atoms with E-state index < -0.39 is 41.6 Å². The molecule has 0 aliphatic carbocycles. The Balaban J connectivity index is 3.20. The van der Waals surface area contributed by atoms with E-state index in [2.05, 4.69) is 10.6 Å². The number of rotatable bonds is 10. The number of ether oxygens (including phenoxy) is 2. The van der Waals surface area contributed by atoms with Gasteiger partial charge in [0.1, 0.15) is 17.7 Å². The van der Waals surface area contributed by atoms with Crippen molar-refractivity contribution in [2.24, 2.45) is 5.92 Å². The lowest BCUT2D eigenvalue weighted by Crippen LogP contribution is -2.53. The lowest BCUT2D eigenvalue weighted by molar-refractivity contribution is -0.144. The first kappa shape index (κ1) is 29.9. The Morgan fingerprint density at radius 2 is 1.69 bits per heavy atom. The molecule has 0 spiro atoms. The minimum absolute atomic E-state index is 0.0195. The van der Waals surface area contributed by atoms with Crippen molar-refractivity contribution in [2.45, 2.75) is 79.5 Å². The quantitative estimate of drug-likeness (QED) is 0.485. The third-order valence-corrected chi connectivity index (χ3v) is 5.37. The number of nitrogens with one attached hydrogen (secondary N) is 2. The molecule has 2 N–H and O–H groups in total. The van der Waals surface area contributed by atoms with E-state index in [1.165, 1.54) is 11.9 Å². The van der Waals surface area contributed by atoms with E-state index in [0.29, 0.717) is 5.56 Å². The normalized spacial score (nSPS) is 13.0. The highest BCUT2D eigenvalue weighted by Gasteiger charge is 2.35. The van der Waals surface area contributed by atoms with Crippen molar-refractivity contribution in [3.8, 4) is 0 Å². The molecule has 2 atom stereocenters. The highest BCUT2D eigenvalue weighted by Crippen LogP contribution is 2.24. The number of carbonyl (C=O) groups excluding carboxylic acids is 4. The summed E-state index contributed by atoms with van der Waals surface area (Å²) in [5.74, 6) is -1.55. The fourth-order valence-corrected chi connectivity index (χ4v) is 3.40. The van der Waals surface area contributed by atoms with Crippen molar-refractivity contribution in [1.82, 2.24) is 15.5 Å². The van der Waals surface area contributed by atoms with Crippen LogP contribution in [0.15, 0.2) is 18.2 Å². The summed E-state index contributed by atoms with van der Waals surface area (Å²) in [6.07, 6.45) is -0.689. The minimum atomic E-state index is -0.967. The van der Waals surface area contributed by atoms with Gasteiger partial charge >= 0.3 is 12.1 Å². The number of nitrogens with zero attached hydrogens (tertiary/aromatic N) is 1. The zero-order valence-corrected chi connectivity index (χ0v) is 22.5. The minimum Gasteiger partial charge on any atom is -0.466 e. The van der Waals surface area contributed by atoms with E-state index in [4.69, 9.17) is 9.47 Å². The van der Waals surface area contributed by atoms with E-state index in [-0.39, 0.29) is 25.5 Å². The molecular formula is C26H41N3O6. The monoisotopic (exact) mass is 491 g/mol. The van der Waals surface area contributed by atoms with E-state index in [0.717, 1.165) is 11.1 Å². The van der Waals surface area contributed by atoms with Crippen LogP contribution in [0.3, 0.4) is 0 Å². The van der Waals surface area contributed by atoms with Crippen LogP contribution in [0, 0.1) is 19.8 Å². The topological polar surface area (TPSA) is 114 Å². The van der Waals surface area contributed by atoms with Crippen LogP contribution in [0.5, 0.6) is 0 Å². The molecule has 0 aliphatic heterocycles. The second kappa shape index (κ2) is 13.1. The van der Waals surface area contributed by atoms with Crippen molar-refractivity contribution in [3.63, 3.8) is 0 Å². The van der Waals surface area contributed by atoms with Gasteiger partial charge in [-0.1, -0.05) is 32.0 Å². The van der Waals surface area contributed by atoms with E-state index in [1.54, 1.807) is 47.6 Å². The van der Waals surface area contributed by atoms with Gasteiger partial charge in [-0.2, -0.15) is 0 Å². The Bertz CT molecular complexity index is 907. The Kier molecular flexibility index (Phi) is 11.2. The van der Waals surface area contributed by atoms with Crippen molar-refractivity contribution < 1.29 is 28.7 Å². The Hall–Kier alpha value is -3.10. The predicted octanol–water partition coefficient (Wildman–Crippen LogP) is 3.42. The molecule has 1 aromatic carbocycles. The summed E-state index contributed by atoms with van der Waals surface area (Å²) < 4.78 is 10.2. The lowest BCUT2D eigenvalue weighted by Gasteiger charge is -2.33. The van der Waals surface area contributed by atoms with Gasteiger partial charge in [0.25, 0.3) is 0 Å². The smallest absolute Gasteiger partial charge is 0.408 e. The molecule has 9 heteroatoms. The summed E-state index contributed by atoms with van der Waals surface area (Å²) in [5, 5.41) is 5.38. The molecule has 1 rings (SSSR count). The second-order valence-corrected chi connectivity index (χ2v) is 9.91. The van der Waals surface area contributed by atoms with Gasteiger partial charge in [0.2, 0.25) is 11.8 Å². The fraction of sp³-hybridized carbons (Fsp3) is 0.615. The van der Waals surface area contributed by atoms with Crippen LogP contribution in [-0.4, -0.2) is 60.6 Å². The van der Waals surface area contributed by atoms with Crippen LogP contribution in [0.4, 0.5) is 4.79 Å². The third-order valence-electron chi connectivity index (χ3n) is 5.37. The highest BCUT2D eigenvalue weighted by molar-refractivity contribution is 5.92. The second-order valence-electron chi connectivity index (χ2n) is 9.91. The molecule has 0 bridgehead atoms. The number of benzene rings is 1. The molecule has 1 aromatic rings. The maximum absolute atomic E-state index is 13.5. The van der Waals surface area contributed by atoms with Gasteiger partial charge in [0.05, 0.1) is 13.0 Å². The number of amides is 3. The highest BCUT2D eigenvalue weighted by atomic mass is 16.6. The van der Waals surface area contributed by atoms with Gasteiger partial charge in [-0.05, 0) is 64.2 Å². The number of carbonyl (C=O) groups is 4. The first-order valence-corrected chi connectivity index (χ1v) is 11.9. The molecule has 0 radical (unpaired) electrons. The number of likely N-dealkylation sites (N-methyl/N-ethyl adjacent to an activating group) is 1. The van der Waals surface area contributed by atoms with Gasteiger partial charge in [-0.15, -0.1) is 0 Å². The maximum atomic E-state index is 13.5. The molecule has 0 aromatic heterocycles. The van der Waals surface area contributed by atoms with Gasteiger partial charge in [0.15, 0.2) is 0 Å². The molecule has 0 fully saturated rings. The first-order chi connectivity index (χ1) is 16.2. The molecule has 0 aliphatic rings. The summed E-state index contributed by atoms with van der Waals surface area (Å²) >= 11 is 0. The molecule has 0 heterocycles. The average molecular weight is 492 g/mol. The summed E-state index contributed by atoms with van der Waals surface area (Å²) in [7, 11) is 1.53. The molecule has 2 unspecified atom stereocenters. The SMILES string of the molecule is CCOC(=O)CCNC(=O)C(c1ccc(C)c(C)c1)N(C)C(=O)C(NC(=O)OC(C)(C)C)C(C)C. The van der Waals surface area contributed by atoms with Gasteiger partial charge in [0, 0.05) is 13.6 Å². The lowest BCUT2D eigenvalue weighted by atomic mass is 9.97. The molecule has 0 saturated heterocycles. The van der Waals surface area contributed by atoms with Crippen molar-refractivity contribution in [1.29, 1.82) is 0 Å². The van der Waals surface area contributed by atoms with Crippen LogP contribution in [0.1, 0.15) is 70.7 Å². The summed E-state index contributed by atoms with van der Waals surface area (Å²) in [6.45, 7) is 14.8. The molecule has 0 saturated carbocycles. The van der Waals surface area contributed by atoms with Crippen molar-refractivity contribution in [3.05, 3.63) is 34.9 Å². The van der Waals surface area contributed by atoms with Crippen LogP contribution in [0.2, 0.25) is 0 Å². The van der Waals surface area contributed by atoms with Gasteiger partial charge in [-0.25, -0.2) is 4.79 Å². The Morgan fingerprint density at radius 1 is 1.06 bits per heavy atom. The van der Waals surface area contributed by atoms with Gasteiger partial charge < -0.3 is 25.0 Å². The van der Waals surface area contributed by atoms with Crippen LogP contribution < -0.4 is 10.6 Å². The summed E-state index contributed by atoms with van der Waals surface area (Å²) in [6, 6.07) is 3.68. The maximum Gasteiger partial charge on any atom is 0.408 e. The molecule has 9 nitrogen and oxygen atoms in total. The fourth-order valence-electron chi connectivity index (χ4n) is 3.40. The Labute approximate surface area is 208 Å². The zero-order valence-electron chi connectivity index (χ0n) is 22.5. The zero-order chi connectivity index (χ0) is 26.9. The number of aryl methyl sites for hydroxylation is 2. The van der Waals surface area contributed by atoms with Crippen LogP contribution >= 0.6 is 0 Å². The van der Waals surface area contributed by atoms with Crippen molar-refractivity contribution in [2.75, 3.05) is 20.2 Å². The molecule has 196 valence electrons. The largest absolute Gasteiger partial charge is 0.466 e. The van der Waals surface area contributed by atoms with E-state index in [9.17, 15) is 19.2 Å². The number of hydrogen-bond acceptors (Lipinski definition) is 6. The number of alkyl carbamates (subject to hydrolysis) is 1. The van der Waals surface area contributed by atoms with Crippen LogP contribution in [0.25, 0.3) is 0 Å². The summed E-state index contributed by atoms with van der Waals surface area (Å²) in [5.41, 5.74) is 1.93. The molecular weight excluding hydrogens is 450 g/mol. The third kappa shape index (κ3) is 9.58. The molecule has 3 amide bonds. The standard InChI is InChI=1S/C26H41N3O6/c1-10-34-20(30)13-14-27-23(31)22(19-12-11-17(4)18(5)15-19)29(9)24(32)21(16(2)3)28-25(33)35-26(6,7)8/h11-12,15-16,21-22H,10,13-14H2,1-9H3,(H,27,31)(H,28,33). The number of hydrogen-bond donors (Lipinski definition) is 2. The Morgan fingerprint density at radius 3 is 2.20 bits per heavy atom. The predicted molar refractivity (Wildman–Crippen MR) is 134 cm³/mol. The van der Waals surface area contributed by atoms with E-state index >= 15 is 0 Å². The van der Waals surface area contributed by atoms with Crippen molar-refractivity contribution >= 4 is 23.9 Å². The molecule has 35 heavy (non-hydrogen) atoms. The first-order valence-electron chi connectivity index (χ1n) is 11.9. The number of esters is 1.